The summed E-state index contributed by atoms with van der Waals surface area (Å²) in [4.78, 5) is 27.2. The summed E-state index contributed by atoms with van der Waals surface area (Å²) < 4.78 is 28.6. The first-order valence-corrected chi connectivity index (χ1v) is 8.14. The highest BCUT2D eigenvalue weighted by Crippen LogP contribution is 2.17. The highest BCUT2D eigenvalue weighted by atomic mass is 19.3. The van der Waals surface area contributed by atoms with Crippen LogP contribution in [0, 0.1) is 5.92 Å². The Labute approximate surface area is 145 Å². The zero-order chi connectivity index (χ0) is 18.4. The van der Waals surface area contributed by atoms with E-state index in [9.17, 15) is 18.4 Å². The molecule has 1 atom stereocenters. The van der Waals surface area contributed by atoms with E-state index in [0.717, 1.165) is 18.4 Å². The Kier molecular flexibility index (Phi) is 6.69. The van der Waals surface area contributed by atoms with Crippen molar-refractivity contribution < 1.29 is 23.1 Å². The molecule has 1 unspecified atom stereocenters. The first-order chi connectivity index (χ1) is 11.8. The number of nitrogens with two attached hydrogens (primary N) is 1. The second kappa shape index (κ2) is 8.75. The molecule has 1 aromatic rings. The minimum atomic E-state index is -2.85. The molecule has 1 heterocycles. The van der Waals surface area contributed by atoms with Crippen LogP contribution in [-0.2, 0) is 16.1 Å². The molecule has 2 N–H and O–H groups in total. The van der Waals surface area contributed by atoms with Crippen LogP contribution in [0.2, 0.25) is 0 Å². The van der Waals surface area contributed by atoms with Gasteiger partial charge in [0, 0.05) is 19.6 Å². The van der Waals surface area contributed by atoms with Crippen LogP contribution in [0.5, 0.6) is 5.75 Å². The number of halogens is 2. The lowest BCUT2D eigenvalue weighted by Crippen LogP contribution is -2.47. The van der Waals surface area contributed by atoms with Gasteiger partial charge in [-0.15, -0.1) is 0 Å². The molecule has 0 radical (unpaired) electrons. The molecule has 25 heavy (non-hydrogen) atoms. The highest BCUT2D eigenvalue weighted by molar-refractivity contribution is 5.81. The lowest BCUT2D eigenvalue weighted by atomic mass is 9.97. The molecular weight excluding hydrogens is 332 g/mol. The van der Waals surface area contributed by atoms with Gasteiger partial charge < -0.3 is 15.4 Å². The summed E-state index contributed by atoms with van der Waals surface area (Å²) in [5.74, 6) is -0.586. The van der Waals surface area contributed by atoms with Crippen molar-refractivity contribution in [1.29, 1.82) is 0 Å². The standard InChI is InChI=1S/C17H23F2N3O3/c1-21(9-12-4-6-14(7-5-12)25-17(18)19)11-15(23)22-8-2-3-13(10-22)16(20)24/h4-7,13,17H,2-3,8-11H2,1H3,(H2,20,24). The summed E-state index contributed by atoms with van der Waals surface area (Å²) in [5, 5.41) is 0. The second-order valence-electron chi connectivity index (χ2n) is 6.28. The van der Waals surface area contributed by atoms with Gasteiger partial charge in [0.1, 0.15) is 5.75 Å². The molecular formula is C17H23F2N3O3. The number of rotatable bonds is 7. The molecule has 2 amide bonds. The van der Waals surface area contributed by atoms with Gasteiger partial charge in [-0.25, -0.2) is 0 Å². The number of nitrogens with zero attached hydrogens (tertiary/aromatic N) is 2. The van der Waals surface area contributed by atoms with Gasteiger partial charge in [0.2, 0.25) is 11.8 Å². The maximum absolute atomic E-state index is 12.4. The summed E-state index contributed by atoms with van der Waals surface area (Å²) in [6.45, 7) is -1.13. The Hall–Kier alpha value is -2.22. The van der Waals surface area contributed by atoms with E-state index in [-0.39, 0.29) is 30.0 Å². The van der Waals surface area contributed by atoms with Crippen LogP contribution in [0.25, 0.3) is 0 Å². The van der Waals surface area contributed by atoms with Crippen molar-refractivity contribution >= 4 is 11.8 Å². The molecule has 1 aliphatic rings. The average Bonchev–Trinajstić information content (AvgIpc) is 2.56. The molecule has 0 saturated carbocycles. The molecule has 0 aromatic heterocycles. The van der Waals surface area contributed by atoms with Gasteiger partial charge >= 0.3 is 6.61 Å². The second-order valence-corrected chi connectivity index (χ2v) is 6.28. The Morgan fingerprint density at radius 1 is 1.36 bits per heavy atom. The van der Waals surface area contributed by atoms with Crippen LogP contribution in [0.3, 0.4) is 0 Å². The topological polar surface area (TPSA) is 75.9 Å². The zero-order valence-electron chi connectivity index (χ0n) is 14.2. The molecule has 8 heteroatoms. The van der Waals surface area contributed by atoms with Gasteiger partial charge in [0.25, 0.3) is 0 Å². The van der Waals surface area contributed by atoms with Crippen LogP contribution in [-0.4, -0.2) is 54.9 Å². The minimum absolute atomic E-state index is 0.0499. The van der Waals surface area contributed by atoms with Crippen molar-refractivity contribution in [3.05, 3.63) is 29.8 Å². The summed E-state index contributed by atoms with van der Waals surface area (Å²) in [5.41, 5.74) is 6.21. The van der Waals surface area contributed by atoms with E-state index in [0.29, 0.717) is 19.6 Å². The van der Waals surface area contributed by atoms with Crippen molar-refractivity contribution in [2.24, 2.45) is 11.7 Å². The van der Waals surface area contributed by atoms with Crippen LogP contribution >= 0.6 is 0 Å². The number of piperidine rings is 1. The third-order valence-electron chi connectivity index (χ3n) is 4.18. The molecule has 1 aromatic carbocycles. The Morgan fingerprint density at radius 2 is 2.04 bits per heavy atom. The Balaban J connectivity index is 1.83. The number of ether oxygens (including phenoxy) is 1. The Bertz CT molecular complexity index is 595. The Morgan fingerprint density at radius 3 is 2.64 bits per heavy atom. The minimum Gasteiger partial charge on any atom is -0.435 e. The SMILES string of the molecule is CN(CC(=O)N1CCCC(C(N)=O)C1)Cc1ccc(OC(F)F)cc1. The normalized spacial score (nSPS) is 17.8. The van der Waals surface area contributed by atoms with Crippen molar-refractivity contribution in [2.45, 2.75) is 26.0 Å². The monoisotopic (exact) mass is 355 g/mol. The fourth-order valence-electron chi connectivity index (χ4n) is 2.91. The number of hydrogen-bond donors (Lipinski definition) is 1. The van der Waals surface area contributed by atoms with Crippen LogP contribution in [0.15, 0.2) is 24.3 Å². The number of alkyl halides is 2. The maximum atomic E-state index is 12.4. The first kappa shape index (κ1) is 19.1. The number of amides is 2. The first-order valence-electron chi connectivity index (χ1n) is 8.14. The lowest BCUT2D eigenvalue weighted by Gasteiger charge is -2.32. The smallest absolute Gasteiger partial charge is 0.387 e. The van der Waals surface area contributed by atoms with E-state index in [4.69, 9.17) is 5.73 Å². The van der Waals surface area contributed by atoms with Gasteiger partial charge in [-0.2, -0.15) is 8.78 Å². The average molecular weight is 355 g/mol. The fraction of sp³-hybridized carbons (Fsp3) is 0.529. The highest BCUT2D eigenvalue weighted by Gasteiger charge is 2.27. The number of primary amides is 1. The number of carbonyl (C=O) groups excluding carboxylic acids is 2. The van der Waals surface area contributed by atoms with Crippen LogP contribution in [0.4, 0.5) is 8.78 Å². The number of likely N-dealkylation sites (N-methyl/N-ethyl adjacent to an activating group) is 1. The third-order valence-corrected chi connectivity index (χ3v) is 4.18. The molecule has 1 fully saturated rings. The van der Waals surface area contributed by atoms with Crippen molar-refractivity contribution in [1.82, 2.24) is 9.80 Å². The molecule has 6 nitrogen and oxygen atoms in total. The number of likely N-dealkylation sites (tertiary alicyclic amines) is 1. The number of benzene rings is 1. The van der Waals surface area contributed by atoms with Gasteiger partial charge in [-0.3, -0.25) is 14.5 Å². The molecule has 138 valence electrons. The van der Waals surface area contributed by atoms with Crippen molar-refractivity contribution in [2.75, 3.05) is 26.7 Å². The van der Waals surface area contributed by atoms with Gasteiger partial charge in [-0.05, 0) is 37.6 Å². The summed E-state index contributed by atoms with van der Waals surface area (Å²) in [7, 11) is 1.80. The van der Waals surface area contributed by atoms with E-state index in [1.54, 1.807) is 24.1 Å². The predicted octanol–water partition coefficient (Wildman–Crippen LogP) is 1.44. The van der Waals surface area contributed by atoms with E-state index < -0.39 is 6.61 Å². The van der Waals surface area contributed by atoms with E-state index in [2.05, 4.69) is 4.74 Å². The summed E-state index contributed by atoms with van der Waals surface area (Å²) in [6.07, 6.45) is 1.50. The zero-order valence-corrected chi connectivity index (χ0v) is 14.2. The predicted molar refractivity (Wildman–Crippen MR) is 87.9 cm³/mol. The van der Waals surface area contributed by atoms with Crippen LogP contribution in [0.1, 0.15) is 18.4 Å². The molecule has 2 rings (SSSR count). The van der Waals surface area contributed by atoms with E-state index in [1.807, 2.05) is 4.90 Å². The van der Waals surface area contributed by atoms with Crippen LogP contribution < -0.4 is 10.5 Å². The van der Waals surface area contributed by atoms with Crippen molar-refractivity contribution in [3.8, 4) is 5.75 Å². The lowest BCUT2D eigenvalue weighted by molar-refractivity contribution is -0.135. The van der Waals surface area contributed by atoms with Crippen molar-refractivity contribution in [3.63, 3.8) is 0 Å². The van der Waals surface area contributed by atoms with Gasteiger partial charge in [0.15, 0.2) is 0 Å². The molecule has 0 bridgehead atoms. The fourth-order valence-corrected chi connectivity index (χ4v) is 2.91. The molecule has 0 aliphatic carbocycles. The quantitative estimate of drug-likeness (QED) is 0.803. The van der Waals surface area contributed by atoms with E-state index in [1.165, 1.54) is 12.1 Å². The largest absolute Gasteiger partial charge is 0.435 e. The summed E-state index contributed by atoms with van der Waals surface area (Å²) in [6, 6.07) is 6.31. The van der Waals surface area contributed by atoms with Gasteiger partial charge in [0.05, 0.1) is 12.5 Å². The maximum Gasteiger partial charge on any atom is 0.387 e. The molecule has 1 aliphatic heterocycles. The summed E-state index contributed by atoms with van der Waals surface area (Å²) >= 11 is 0. The number of carbonyl (C=O) groups is 2. The number of hydrogen-bond acceptors (Lipinski definition) is 4. The van der Waals surface area contributed by atoms with Gasteiger partial charge in [-0.1, -0.05) is 12.1 Å². The van der Waals surface area contributed by atoms with E-state index >= 15 is 0 Å². The molecule has 0 spiro atoms. The third kappa shape index (κ3) is 5.97. The molecule has 1 saturated heterocycles.